The lowest BCUT2D eigenvalue weighted by molar-refractivity contribution is -0.166. The zero-order valence-electron chi connectivity index (χ0n) is 46.6. The van der Waals surface area contributed by atoms with Crippen LogP contribution in [0.2, 0.25) is 0 Å². The van der Waals surface area contributed by atoms with Crippen LogP contribution in [0.25, 0.3) is 0 Å². The number of unbranched alkanes of at least 4 members (excludes halogenated alkanes) is 14. The summed E-state index contributed by atoms with van der Waals surface area (Å²) in [5, 5.41) is 0. The quantitative estimate of drug-likeness (QED) is 0.0261. The monoisotopic (exact) mass is 1000 g/mol. The largest absolute Gasteiger partial charge is 0.462 e. The number of carbonyl (C=O) groups is 3. The molecule has 6 nitrogen and oxygen atoms in total. The summed E-state index contributed by atoms with van der Waals surface area (Å²) in [6, 6.07) is 0. The second-order valence-corrected chi connectivity index (χ2v) is 18.4. The first kappa shape index (κ1) is 68.0. The predicted molar refractivity (Wildman–Crippen MR) is 315 cm³/mol. The van der Waals surface area contributed by atoms with Gasteiger partial charge in [-0.25, -0.2) is 0 Å². The van der Waals surface area contributed by atoms with Crippen LogP contribution in [0.15, 0.2) is 158 Å². The number of hydrogen-bond donors (Lipinski definition) is 0. The van der Waals surface area contributed by atoms with Crippen LogP contribution >= 0.6 is 0 Å². The van der Waals surface area contributed by atoms with Gasteiger partial charge in [-0.15, -0.1) is 0 Å². The molecule has 0 aromatic carbocycles. The molecule has 0 rings (SSSR count). The third kappa shape index (κ3) is 57.8. The predicted octanol–water partition coefficient (Wildman–Crippen LogP) is 19.8. The van der Waals surface area contributed by atoms with E-state index in [2.05, 4.69) is 167 Å². The molecule has 0 saturated carbocycles. The lowest BCUT2D eigenvalue weighted by atomic mass is 10.1. The van der Waals surface area contributed by atoms with E-state index in [0.717, 1.165) is 141 Å². The topological polar surface area (TPSA) is 78.9 Å². The van der Waals surface area contributed by atoms with E-state index in [1.54, 1.807) is 6.08 Å². The Hall–Kier alpha value is -4.97. The first-order valence-corrected chi connectivity index (χ1v) is 29.0. The molecule has 0 heterocycles. The summed E-state index contributed by atoms with van der Waals surface area (Å²) in [6.07, 6.45) is 86.8. The average Bonchev–Trinajstić information content (AvgIpc) is 3.39. The van der Waals surface area contributed by atoms with Crippen LogP contribution in [-0.4, -0.2) is 37.2 Å². The Morgan fingerprint density at radius 1 is 0.301 bits per heavy atom. The summed E-state index contributed by atoms with van der Waals surface area (Å²) in [5.41, 5.74) is 0. The Bertz CT molecular complexity index is 1670. The minimum absolute atomic E-state index is 0.113. The van der Waals surface area contributed by atoms with E-state index in [0.29, 0.717) is 6.42 Å². The Kier molecular flexibility index (Phi) is 55.5. The first-order valence-electron chi connectivity index (χ1n) is 29.0. The molecule has 6 heteroatoms. The van der Waals surface area contributed by atoms with Crippen LogP contribution in [0.5, 0.6) is 0 Å². The second-order valence-electron chi connectivity index (χ2n) is 18.4. The second kappa shape index (κ2) is 59.6. The number of ether oxygens (including phenoxy) is 3. The summed E-state index contributed by atoms with van der Waals surface area (Å²) < 4.78 is 16.7. The van der Waals surface area contributed by atoms with Gasteiger partial charge in [0.25, 0.3) is 0 Å². The minimum Gasteiger partial charge on any atom is -0.462 e. The van der Waals surface area contributed by atoms with Crippen molar-refractivity contribution in [1.29, 1.82) is 0 Å². The Morgan fingerprint density at radius 3 is 0.959 bits per heavy atom. The maximum Gasteiger partial charge on any atom is 0.309 e. The van der Waals surface area contributed by atoms with Gasteiger partial charge in [0.2, 0.25) is 0 Å². The fourth-order valence-corrected chi connectivity index (χ4v) is 7.25. The molecular formula is C67H104O6. The molecule has 0 aliphatic heterocycles. The van der Waals surface area contributed by atoms with Crippen LogP contribution in [0.3, 0.4) is 0 Å². The molecule has 0 bridgehead atoms. The zero-order valence-corrected chi connectivity index (χ0v) is 46.6. The number of carbonyl (C=O) groups excluding carboxylic acids is 3. The van der Waals surface area contributed by atoms with Crippen molar-refractivity contribution >= 4 is 17.9 Å². The zero-order chi connectivity index (χ0) is 52.9. The molecule has 0 spiro atoms. The first-order chi connectivity index (χ1) is 36.0. The smallest absolute Gasteiger partial charge is 0.309 e. The van der Waals surface area contributed by atoms with Crippen molar-refractivity contribution in [3.05, 3.63) is 158 Å². The van der Waals surface area contributed by atoms with Crippen molar-refractivity contribution in [1.82, 2.24) is 0 Å². The normalized spacial score (nSPS) is 13.3. The SMILES string of the molecule is CC/C=C\C/C=C\C/C=C\C/C=C\C/C=C\C/C=C\CCCCCCC(=O)OCC(COC(=O)C/C=C\C/C=C\C/C=C\C/C=C\C/C=C\CC)OC(=O)CCCCCCCCC/C=C\C/C=C\CCCCC. The molecule has 0 amide bonds. The maximum absolute atomic E-state index is 12.9. The van der Waals surface area contributed by atoms with E-state index >= 15 is 0 Å². The van der Waals surface area contributed by atoms with Gasteiger partial charge < -0.3 is 14.2 Å². The van der Waals surface area contributed by atoms with Crippen LogP contribution in [-0.2, 0) is 28.6 Å². The Balaban J connectivity index is 4.56. The van der Waals surface area contributed by atoms with E-state index in [1.807, 2.05) is 6.08 Å². The number of hydrogen-bond acceptors (Lipinski definition) is 6. The van der Waals surface area contributed by atoms with Crippen molar-refractivity contribution < 1.29 is 28.6 Å². The van der Waals surface area contributed by atoms with Crippen LogP contribution < -0.4 is 0 Å². The lowest BCUT2D eigenvalue weighted by Crippen LogP contribution is -2.30. The summed E-state index contributed by atoms with van der Waals surface area (Å²) in [7, 11) is 0. The van der Waals surface area contributed by atoms with Gasteiger partial charge in [-0.3, -0.25) is 14.4 Å². The molecule has 0 aromatic heterocycles. The van der Waals surface area contributed by atoms with Gasteiger partial charge in [0.05, 0.1) is 6.42 Å². The highest BCUT2D eigenvalue weighted by Gasteiger charge is 2.19. The van der Waals surface area contributed by atoms with E-state index < -0.39 is 12.1 Å². The Morgan fingerprint density at radius 2 is 0.589 bits per heavy atom. The number of allylic oxidation sites excluding steroid dienone is 25. The molecule has 0 N–H and O–H groups in total. The molecule has 0 aromatic rings. The molecule has 1 unspecified atom stereocenters. The third-order valence-electron chi connectivity index (χ3n) is 11.5. The van der Waals surface area contributed by atoms with Crippen LogP contribution in [0.4, 0.5) is 0 Å². The van der Waals surface area contributed by atoms with Crippen LogP contribution in [0.1, 0.15) is 226 Å². The highest BCUT2D eigenvalue weighted by Crippen LogP contribution is 2.13. The molecule has 0 fully saturated rings. The number of rotatable bonds is 50. The van der Waals surface area contributed by atoms with Crippen molar-refractivity contribution in [2.24, 2.45) is 0 Å². The Labute approximate surface area is 448 Å². The molecule has 0 radical (unpaired) electrons. The van der Waals surface area contributed by atoms with Gasteiger partial charge in [0.1, 0.15) is 13.2 Å². The van der Waals surface area contributed by atoms with Crippen molar-refractivity contribution in [3.8, 4) is 0 Å². The standard InChI is InChI=1S/C67H104O6/c1-4-7-10-13-16-19-22-25-28-30-31-32-33-34-35-37-39-42-45-48-51-54-57-60-66(69)72-63-64(62-71-65(68)59-56-53-50-47-44-41-38-27-24-21-18-15-12-9-6-3)73-67(70)61-58-55-52-49-46-43-40-36-29-26-23-20-17-14-11-8-5-2/h7,9-10,12,16-21,25-29,31-32,34-35,38-39,42,44,47,53,56,64H,4-6,8,11,13-15,22-24,30,33,36-37,40-41,43,45-46,48-52,54-55,57-63H2,1-3H3/b10-7-,12-9-,19-16-,20-17-,21-18-,28-25-,29-26-,32-31-,35-34-,38-27-,42-39-,47-44-,56-53-. The maximum atomic E-state index is 12.9. The molecular weight excluding hydrogens is 901 g/mol. The van der Waals surface area contributed by atoms with E-state index in [4.69, 9.17) is 14.2 Å². The van der Waals surface area contributed by atoms with Gasteiger partial charge in [0, 0.05) is 12.8 Å². The molecule has 1 atom stereocenters. The highest BCUT2D eigenvalue weighted by atomic mass is 16.6. The average molecular weight is 1010 g/mol. The molecule has 408 valence electrons. The van der Waals surface area contributed by atoms with Gasteiger partial charge in [-0.2, -0.15) is 0 Å². The van der Waals surface area contributed by atoms with Crippen molar-refractivity contribution in [2.45, 2.75) is 232 Å². The van der Waals surface area contributed by atoms with Crippen LogP contribution in [0, 0.1) is 0 Å². The number of esters is 3. The minimum atomic E-state index is -0.842. The molecule has 0 aliphatic rings. The summed E-state index contributed by atoms with van der Waals surface area (Å²) >= 11 is 0. The molecule has 0 saturated heterocycles. The van der Waals surface area contributed by atoms with Gasteiger partial charge in [-0.05, 0) is 128 Å². The highest BCUT2D eigenvalue weighted by molar-refractivity contribution is 5.72. The summed E-state index contributed by atoms with van der Waals surface area (Å²) in [4.78, 5) is 38.1. The third-order valence-corrected chi connectivity index (χ3v) is 11.5. The summed E-state index contributed by atoms with van der Waals surface area (Å²) in [6.45, 7) is 6.25. The fraction of sp³-hybridized carbons (Fsp3) is 0.567. The fourth-order valence-electron chi connectivity index (χ4n) is 7.25. The lowest BCUT2D eigenvalue weighted by Gasteiger charge is -2.18. The molecule has 73 heavy (non-hydrogen) atoms. The van der Waals surface area contributed by atoms with Gasteiger partial charge >= 0.3 is 17.9 Å². The summed E-state index contributed by atoms with van der Waals surface area (Å²) in [5.74, 6) is -1.10. The van der Waals surface area contributed by atoms with E-state index in [1.165, 1.54) is 44.9 Å². The van der Waals surface area contributed by atoms with Crippen molar-refractivity contribution in [3.63, 3.8) is 0 Å². The van der Waals surface area contributed by atoms with Gasteiger partial charge in [0.15, 0.2) is 6.10 Å². The van der Waals surface area contributed by atoms with E-state index in [-0.39, 0.29) is 38.0 Å². The van der Waals surface area contributed by atoms with E-state index in [9.17, 15) is 14.4 Å². The van der Waals surface area contributed by atoms with Gasteiger partial charge in [-0.1, -0.05) is 237 Å². The van der Waals surface area contributed by atoms with Crippen molar-refractivity contribution in [2.75, 3.05) is 13.2 Å². The molecule has 0 aliphatic carbocycles.